The second-order valence-electron chi connectivity index (χ2n) is 7.23. The molecule has 1 aromatic carbocycles. The molecule has 1 N–H and O–H groups in total. The van der Waals surface area contributed by atoms with Gasteiger partial charge in [-0.1, -0.05) is 42.1 Å². The van der Waals surface area contributed by atoms with Crippen LogP contribution in [0.4, 0.5) is 0 Å². The molecule has 1 spiro atoms. The lowest BCUT2D eigenvalue weighted by molar-refractivity contribution is 0.0122. The van der Waals surface area contributed by atoms with Crippen molar-refractivity contribution in [2.45, 2.75) is 57.2 Å². The number of nitrogens with zero attached hydrogens (tertiary/aromatic N) is 1. The predicted molar refractivity (Wildman–Crippen MR) is 90.2 cm³/mol. The fourth-order valence-electron chi connectivity index (χ4n) is 3.84. The molecule has 1 aliphatic heterocycles. The molecule has 0 bridgehead atoms. The first-order valence-electron chi connectivity index (χ1n) is 7.85. The van der Waals surface area contributed by atoms with E-state index in [0.29, 0.717) is 0 Å². The van der Waals surface area contributed by atoms with Crippen LogP contribution in [0.2, 0.25) is 10.0 Å². The lowest BCUT2D eigenvalue weighted by Gasteiger charge is -2.51. The Morgan fingerprint density at radius 1 is 1.14 bits per heavy atom. The maximum Gasteiger partial charge on any atom is 0.0465 e. The maximum atomic E-state index is 6.39. The molecule has 116 valence electrons. The van der Waals surface area contributed by atoms with E-state index in [-0.39, 0.29) is 11.1 Å². The van der Waals surface area contributed by atoms with Gasteiger partial charge in [-0.3, -0.25) is 4.90 Å². The minimum absolute atomic E-state index is 0.140. The van der Waals surface area contributed by atoms with Crippen molar-refractivity contribution in [3.63, 3.8) is 0 Å². The third kappa shape index (κ3) is 3.10. The number of halogens is 2. The van der Waals surface area contributed by atoms with Crippen LogP contribution in [0, 0.1) is 0 Å². The van der Waals surface area contributed by atoms with Crippen molar-refractivity contribution in [1.29, 1.82) is 0 Å². The van der Waals surface area contributed by atoms with E-state index >= 15 is 0 Å². The topological polar surface area (TPSA) is 15.3 Å². The van der Waals surface area contributed by atoms with Gasteiger partial charge in [0, 0.05) is 46.3 Å². The molecule has 1 saturated heterocycles. The van der Waals surface area contributed by atoms with Crippen molar-refractivity contribution in [1.82, 2.24) is 10.2 Å². The van der Waals surface area contributed by atoms with Crippen LogP contribution in [0.3, 0.4) is 0 Å². The number of hydrogen-bond acceptors (Lipinski definition) is 2. The molecule has 2 fully saturated rings. The van der Waals surface area contributed by atoms with E-state index in [1.165, 1.54) is 25.7 Å². The normalized spacial score (nSPS) is 24.6. The highest BCUT2D eigenvalue weighted by atomic mass is 35.5. The molecule has 1 aliphatic carbocycles. The minimum Gasteiger partial charge on any atom is -0.309 e. The predicted octanol–water partition coefficient (Wildman–Crippen LogP) is 4.49. The Kier molecular flexibility index (Phi) is 4.26. The fraction of sp³-hybridized carbons (Fsp3) is 0.647. The van der Waals surface area contributed by atoms with Crippen molar-refractivity contribution >= 4 is 23.2 Å². The number of benzene rings is 1. The smallest absolute Gasteiger partial charge is 0.0465 e. The van der Waals surface area contributed by atoms with Gasteiger partial charge >= 0.3 is 0 Å². The first-order chi connectivity index (χ1) is 9.92. The fourth-order valence-corrected chi connectivity index (χ4v) is 4.36. The Hall–Kier alpha value is -0.280. The summed E-state index contributed by atoms with van der Waals surface area (Å²) in [4.78, 5) is 2.63. The first-order valence-corrected chi connectivity index (χ1v) is 8.61. The summed E-state index contributed by atoms with van der Waals surface area (Å²) in [6.45, 7) is 7.51. The Morgan fingerprint density at radius 3 is 2.38 bits per heavy atom. The molecule has 3 rings (SSSR count). The van der Waals surface area contributed by atoms with E-state index in [1.54, 1.807) is 0 Å². The van der Waals surface area contributed by atoms with Crippen LogP contribution < -0.4 is 5.32 Å². The molecule has 0 radical (unpaired) electrons. The molecular weight excluding hydrogens is 303 g/mol. The zero-order valence-electron chi connectivity index (χ0n) is 12.9. The van der Waals surface area contributed by atoms with Crippen LogP contribution in [0.25, 0.3) is 0 Å². The molecule has 1 saturated carbocycles. The monoisotopic (exact) mass is 326 g/mol. The van der Waals surface area contributed by atoms with Gasteiger partial charge in [-0.2, -0.15) is 0 Å². The van der Waals surface area contributed by atoms with Gasteiger partial charge in [0.25, 0.3) is 0 Å². The van der Waals surface area contributed by atoms with Crippen molar-refractivity contribution in [2.75, 3.05) is 13.1 Å². The van der Waals surface area contributed by atoms with E-state index < -0.39 is 0 Å². The van der Waals surface area contributed by atoms with E-state index in [2.05, 4.69) is 24.1 Å². The second-order valence-corrected chi connectivity index (χ2v) is 8.04. The highest BCUT2D eigenvalue weighted by Crippen LogP contribution is 2.40. The largest absolute Gasteiger partial charge is 0.309 e. The molecule has 1 heterocycles. The third-order valence-corrected chi connectivity index (χ3v) is 5.81. The third-order valence-electron chi connectivity index (χ3n) is 5.10. The van der Waals surface area contributed by atoms with Gasteiger partial charge in [0.15, 0.2) is 0 Å². The molecule has 2 nitrogen and oxygen atoms in total. The second kappa shape index (κ2) is 5.73. The van der Waals surface area contributed by atoms with Gasteiger partial charge in [-0.25, -0.2) is 0 Å². The zero-order valence-corrected chi connectivity index (χ0v) is 14.4. The number of rotatable bonds is 2. The Morgan fingerprint density at radius 2 is 1.76 bits per heavy atom. The molecule has 0 amide bonds. The van der Waals surface area contributed by atoms with Crippen molar-refractivity contribution in [3.8, 4) is 0 Å². The van der Waals surface area contributed by atoms with Crippen LogP contribution >= 0.6 is 23.2 Å². The first kappa shape index (κ1) is 15.6. The van der Waals surface area contributed by atoms with Gasteiger partial charge < -0.3 is 5.32 Å². The molecule has 0 unspecified atom stereocenters. The van der Waals surface area contributed by atoms with E-state index in [1.807, 2.05) is 18.2 Å². The summed E-state index contributed by atoms with van der Waals surface area (Å²) in [7, 11) is 0. The molecule has 0 atom stereocenters. The van der Waals surface area contributed by atoms with Crippen LogP contribution in [0.1, 0.15) is 45.1 Å². The van der Waals surface area contributed by atoms with E-state index in [9.17, 15) is 0 Å². The summed E-state index contributed by atoms with van der Waals surface area (Å²) in [5, 5.41) is 5.30. The molecule has 4 heteroatoms. The quantitative estimate of drug-likeness (QED) is 0.861. The Labute approximate surface area is 137 Å². The zero-order chi connectivity index (χ0) is 15.1. The molecule has 0 aromatic heterocycles. The van der Waals surface area contributed by atoms with Crippen molar-refractivity contribution in [3.05, 3.63) is 33.8 Å². The van der Waals surface area contributed by atoms with Crippen molar-refractivity contribution in [2.24, 2.45) is 0 Å². The SMILES string of the molecule is CC1(C)CN(Cc2c(Cl)cccc2Cl)C2(CCCC2)CN1. The average molecular weight is 327 g/mol. The van der Waals surface area contributed by atoms with E-state index in [4.69, 9.17) is 23.2 Å². The van der Waals surface area contributed by atoms with Gasteiger partial charge in [0.2, 0.25) is 0 Å². The van der Waals surface area contributed by atoms with Gasteiger partial charge in [-0.05, 0) is 38.8 Å². The lowest BCUT2D eigenvalue weighted by Crippen LogP contribution is -2.67. The highest BCUT2D eigenvalue weighted by Gasteiger charge is 2.45. The number of piperazine rings is 1. The van der Waals surface area contributed by atoms with Crippen LogP contribution in [0.15, 0.2) is 18.2 Å². The minimum atomic E-state index is 0.140. The van der Waals surface area contributed by atoms with Gasteiger partial charge in [-0.15, -0.1) is 0 Å². The van der Waals surface area contributed by atoms with Gasteiger partial charge in [0.05, 0.1) is 0 Å². The summed E-state index contributed by atoms with van der Waals surface area (Å²) in [6, 6.07) is 5.80. The van der Waals surface area contributed by atoms with Crippen LogP contribution in [0.5, 0.6) is 0 Å². The van der Waals surface area contributed by atoms with Crippen molar-refractivity contribution < 1.29 is 0 Å². The van der Waals surface area contributed by atoms with Gasteiger partial charge in [0.1, 0.15) is 0 Å². The molecule has 21 heavy (non-hydrogen) atoms. The van der Waals surface area contributed by atoms with Crippen LogP contribution in [-0.2, 0) is 6.54 Å². The summed E-state index contributed by atoms with van der Waals surface area (Å²) in [6.07, 6.45) is 5.21. The number of nitrogens with one attached hydrogen (secondary N) is 1. The molecule has 2 aliphatic rings. The Balaban J connectivity index is 1.89. The lowest BCUT2D eigenvalue weighted by atomic mass is 9.86. The summed E-state index contributed by atoms with van der Waals surface area (Å²) in [5.41, 5.74) is 1.50. The standard InChI is InChI=1S/C17H24Cl2N2/c1-16(2)12-21(17(11-20-16)8-3-4-9-17)10-13-14(18)6-5-7-15(13)19/h5-7,20H,3-4,8-12H2,1-2H3. The Bertz CT molecular complexity index is 501. The average Bonchev–Trinajstić information content (AvgIpc) is 2.88. The molecular formula is C17H24Cl2N2. The van der Waals surface area contributed by atoms with E-state index in [0.717, 1.165) is 35.2 Å². The summed E-state index contributed by atoms with van der Waals surface area (Å²) in [5.74, 6) is 0. The van der Waals surface area contributed by atoms with Crippen LogP contribution in [-0.4, -0.2) is 29.1 Å². The highest BCUT2D eigenvalue weighted by molar-refractivity contribution is 6.35. The maximum absolute atomic E-state index is 6.39. The molecule has 1 aromatic rings. The number of hydrogen-bond donors (Lipinski definition) is 1. The summed E-state index contributed by atoms with van der Waals surface area (Å²) < 4.78 is 0. The summed E-state index contributed by atoms with van der Waals surface area (Å²) >= 11 is 12.8.